The summed E-state index contributed by atoms with van der Waals surface area (Å²) in [4.78, 5) is 7.26. The first-order chi connectivity index (χ1) is 11.9. The number of rotatable bonds is 7. The van der Waals surface area contributed by atoms with Gasteiger partial charge in [0.25, 0.3) is 0 Å². The van der Waals surface area contributed by atoms with Crippen LogP contribution in [0.1, 0.15) is 35.9 Å². The Morgan fingerprint density at radius 2 is 2.41 bits per heavy atom. The molecule has 6 heteroatoms. The van der Waals surface area contributed by atoms with Gasteiger partial charge >= 0.3 is 0 Å². The van der Waals surface area contributed by atoms with Crippen LogP contribution in [0, 0.1) is 0 Å². The molecule has 0 atom stereocenters. The fourth-order valence-corrected chi connectivity index (χ4v) is 2.06. The van der Waals surface area contributed by atoms with Gasteiger partial charge in [0.1, 0.15) is 5.75 Å². The number of nitrogens with zero attached hydrogens (tertiary/aromatic N) is 2. The van der Waals surface area contributed by atoms with Crippen molar-refractivity contribution in [3.8, 4) is 5.75 Å². The maximum Gasteiger partial charge on any atom is 0.209 e. The van der Waals surface area contributed by atoms with Crippen molar-refractivity contribution in [2.24, 2.45) is 15.8 Å². The lowest BCUT2D eigenvalue weighted by Crippen LogP contribution is -2.27. The number of methoxy groups -OCH3 is 1. The van der Waals surface area contributed by atoms with Crippen LogP contribution in [-0.2, 0) is 0 Å². The Bertz CT molecular complexity index is 752. The van der Waals surface area contributed by atoms with Gasteiger partial charge in [-0.15, -0.1) is 0 Å². The van der Waals surface area contributed by atoms with Crippen LogP contribution in [0.2, 0.25) is 0 Å². The maximum atomic E-state index is 7.17. The van der Waals surface area contributed by atoms with Crippen LogP contribution in [0.15, 0.2) is 34.5 Å². The summed E-state index contributed by atoms with van der Waals surface area (Å²) in [5, 5.41) is 4.86. The number of hydrazone groups is 1. The third-order valence-electron chi connectivity index (χ3n) is 3.23. The lowest BCUT2D eigenvalue weighted by Gasteiger charge is -2.00. The molecule has 0 spiro atoms. The molecule has 0 amide bonds. The molecule has 0 saturated heterocycles. The van der Waals surface area contributed by atoms with Crippen molar-refractivity contribution in [1.29, 1.82) is 0 Å². The number of nitrogens with two attached hydrogens (primary N) is 1. The second kappa shape index (κ2) is 8.07. The van der Waals surface area contributed by atoms with E-state index < -0.39 is 7.04 Å². The second-order valence-electron chi connectivity index (χ2n) is 4.90. The molecule has 4 N–H and O–H groups in total. The van der Waals surface area contributed by atoms with Crippen molar-refractivity contribution < 1.29 is 8.85 Å². The van der Waals surface area contributed by atoms with Gasteiger partial charge in [-0.1, -0.05) is 19.8 Å². The Hall–Kier alpha value is -2.50. The molecule has 0 bridgehead atoms. The fourth-order valence-electron chi connectivity index (χ4n) is 2.06. The molecule has 1 aromatic heterocycles. The molecule has 22 heavy (non-hydrogen) atoms. The van der Waals surface area contributed by atoms with Crippen molar-refractivity contribution in [3.05, 3.63) is 30.0 Å². The number of fused-ring (bicyclic) bond motifs is 1. The van der Waals surface area contributed by atoms with Crippen LogP contribution in [0.4, 0.5) is 0 Å². The van der Waals surface area contributed by atoms with Crippen molar-refractivity contribution in [1.82, 2.24) is 10.4 Å². The average Bonchev–Trinajstić information content (AvgIpc) is 2.93. The van der Waals surface area contributed by atoms with Gasteiger partial charge in [0.05, 0.1) is 17.4 Å². The highest BCUT2D eigenvalue weighted by atomic mass is 16.5. The Morgan fingerprint density at radius 1 is 1.50 bits per heavy atom. The Kier molecular flexibility index (Phi) is 4.43. The zero-order valence-corrected chi connectivity index (χ0v) is 12.6. The molecule has 2 aromatic rings. The number of hydrogen-bond donors (Lipinski definition) is 3. The number of aromatic amines is 1. The monoisotopic (exact) mass is 304 g/mol. The molecule has 6 nitrogen and oxygen atoms in total. The van der Waals surface area contributed by atoms with E-state index in [1.165, 1.54) is 0 Å². The highest BCUT2D eigenvalue weighted by molar-refractivity contribution is 5.99. The number of aromatic nitrogens is 1. The van der Waals surface area contributed by atoms with Crippen LogP contribution >= 0.6 is 0 Å². The second-order valence-corrected chi connectivity index (χ2v) is 4.90. The van der Waals surface area contributed by atoms with E-state index in [-0.39, 0.29) is 11.7 Å². The van der Waals surface area contributed by atoms with E-state index in [2.05, 4.69) is 27.4 Å². The van der Waals surface area contributed by atoms with Gasteiger partial charge < -0.3 is 15.5 Å². The predicted molar refractivity (Wildman–Crippen MR) is 91.6 cm³/mol. The molecule has 0 aliphatic heterocycles. The summed E-state index contributed by atoms with van der Waals surface area (Å²) in [6.45, 7) is 2.80. The summed E-state index contributed by atoms with van der Waals surface area (Å²) >= 11 is 0. The van der Waals surface area contributed by atoms with Crippen LogP contribution < -0.4 is 15.9 Å². The van der Waals surface area contributed by atoms with Crippen molar-refractivity contribution in [3.63, 3.8) is 0 Å². The number of ether oxygens (including phenoxy) is 1. The topological polar surface area (TPSA) is 87.8 Å². The largest absolute Gasteiger partial charge is 0.497 e. The first-order valence-electron chi connectivity index (χ1n) is 8.78. The minimum Gasteiger partial charge on any atom is -0.497 e. The Balaban J connectivity index is 2.04. The number of nitrogens with one attached hydrogen (secondary N) is 2. The molecule has 1 heterocycles. The number of H-pyrrole nitrogens is 1. The van der Waals surface area contributed by atoms with Gasteiger partial charge in [-0.05, 0) is 24.6 Å². The third-order valence-corrected chi connectivity index (χ3v) is 3.23. The standard InChI is InChI=1S/C16H23N5O/c1-3-4-5-8-18-16(17)21-20-11-12-10-19-15-7-6-13(22-2)9-14(12)15/h6-7,9-11,19H,3-5,8H2,1-2H3,(H3,17,18,21)/b20-11+/i2D3. The molecule has 0 fully saturated rings. The lowest BCUT2D eigenvalue weighted by molar-refractivity contribution is 0.415. The summed E-state index contributed by atoms with van der Waals surface area (Å²) in [6.07, 6.45) is 6.61. The Labute approximate surface area is 134 Å². The normalized spacial score (nSPS) is 14.8. The van der Waals surface area contributed by atoms with Gasteiger partial charge in [-0.25, -0.2) is 5.43 Å². The molecule has 0 aliphatic carbocycles. The van der Waals surface area contributed by atoms with E-state index in [0.717, 1.165) is 35.7 Å². The van der Waals surface area contributed by atoms with Gasteiger partial charge in [0.2, 0.25) is 5.96 Å². The van der Waals surface area contributed by atoms with Crippen LogP contribution in [0.25, 0.3) is 10.9 Å². The molecule has 118 valence electrons. The van der Waals surface area contributed by atoms with Gasteiger partial charge in [0.15, 0.2) is 0 Å². The molecule has 0 unspecified atom stereocenters. The fraction of sp³-hybridized carbons (Fsp3) is 0.375. The highest BCUT2D eigenvalue weighted by Crippen LogP contribution is 2.22. The molecule has 1 aromatic carbocycles. The average molecular weight is 304 g/mol. The quantitative estimate of drug-likeness (QED) is 0.318. The molecule has 0 radical (unpaired) electrons. The minimum absolute atomic E-state index is 0.263. The molecular weight excluding hydrogens is 278 g/mol. The predicted octanol–water partition coefficient (Wildman–Crippen LogP) is 2.60. The van der Waals surface area contributed by atoms with E-state index in [4.69, 9.17) is 14.6 Å². The van der Waals surface area contributed by atoms with E-state index in [9.17, 15) is 0 Å². The van der Waals surface area contributed by atoms with Crippen molar-refractivity contribution in [2.75, 3.05) is 13.6 Å². The van der Waals surface area contributed by atoms with Crippen LogP contribution in [-0.4, -0.2) is 30.7 Å². The van der Waals surface area contributed by atoms with Gasteiger partial charge in [-0.3, -0.25) is 4.99 Å². The molecule has 0 aliphatic rings. The van der Waals surface area contributed by atoms with E-state index in [1.54, 1.807) is 30.6 Å². The summed E-state index contributed by atoms with van der Waals surface area (Å²) in [5.41, 5.74) is 10.0. The Morgan fingerprint density at radius 3 is 3.23 bits per heavy atom. The summed E-state index contributed by atoms with van der Waals surface area (Å²) in [6, 6.07) is 5.01. The molecule has 2 rings (SSSR count). The third kappa shape index (κ3) is 4.25. The molecule has 0 saturated carbocycles. The summed E-state index contributed by atoms with van der Waals surface area (Å²) in [7, 11) is -2.48. The van der Waals surface area contributed by atoms with E-state index in [1.807, 2.05) is 0 Å². The number of guanidine groups is 1. The number of unbranched alkanes of at least 4 members (excludes halogenated alkanes) is 2. The highest BCUT2D eigenvalue weighted by Gasteiger charge is 2.03. The van der Waals surface area contributed by atoms with Crippen LogP contribution in [0.3, 0.4) is 0 Å². The van der Waals surface area contributed by atoms with E-state index >= 15 is 0 Å². The van der Waals surface area contributed by atoms with Crippen molar-refractivity contribution >= 4 is 23.1 Å². The molecular formula is C16H23N5O. The summed E-state index contributed by atoms with van der Waals surface area (Å²) in [5.74, 6) is 0.533. The summed E-state index contributed by atoms with van der Waals surface area (Å²) < 4.78 is 26.4. The lowest BCUT2D eigenvalue weighted by atomic mass is 10.2. The smallest absolute Gasteiger partial charge is 0.209 e. The minimum atomic E-state index is -2.48. The van der Waals surface area contributed by atoms with Crippen molar-refractivity contribution in [2.45, 2.75) is 26.2 Å². The maximum absolute atomic E-state index is 7.17. The van der Waals surface area contributed by atoms with E-state index in [0.29, 0.717) is 6.54 Å². The number of hydrogen-bond acceptors (Lipinski definition) is 3. The SMILES string of the molecule is [2H]C([2H])([2H])Oc1ccc2[nH]cc(/C=N/NC(N)=NCCCCC)c2c1. The van der Waals surface area contributed by atoms with Gasteiger partial charge in [0, 0.05) is 29.2 Å². The van der Waals surface area contributed by atoms with Crippen LogP contribution in [0.5, 0.6) is 5.75 Å². The zero-order chi connectivity index (χ0) is 18.3. The zero-order valence-electron chi connectivity index (χ0n) is 15.6. The first-order valence-corrected chi connectivity index (χ1v) is 7.28. The number of benzene rings is 1. The first kappa shape index (κ1) is 12.1. The van der Waals surface area contributed by atoms with Gasteiger partial charge in [-0.2, -0.15) is 5.10 Å². The number of aliphatic imine (C=N–C) groups is 1.